The van der Waals surface area contributed by atoms with Crippen LogP contribution in [0.1, 0.15) is 5.56 Å². The maximum Gasteiger partial charge on any atom is 0.277 e. The third-order valence-electron chi connectivity index (χ3n) is 3.52. The van der Waals surface area contributed by atoms with Gasteiger partial charge < -0.3 is 9.30 Å². The summed E-state index contributed by atoms with van der Waals surface area (Å²) in [4.78, 5) is 11.8. The topological polar surface area (TPSA) is 55.6 Å². The van der Waals surface area contributed by atoms with Gasteiger partial charge in [0, 0.05) is 29.7 Å². The minimum Gasteiger partial charge on any atom is -0.482 e. The van der Waals surface area contributed by atoms with Crippen molar-refractivity contribution in [2.75, 3.05) is 6.61 Å². The number of hydrogen-bond donors (Lipinski definition) is 1. The van der Waals surface area contributed by atoms with Crippen LogP contribution in [0.5, 0.6) is 5.75 Å². The molecule has 0 saturated carbocycles. The number of para-hydroxylation sites is 2. The van der Waals surface area contributed by atoms with Gasteiger partial charge in [0.15, 0.2) is 6.61 Å². The van der Waals surface area contributed by atoms with Crippen molar-refractivity contribution >= 4 is 34.6 Å². The molecule has 0 fully saturated rings. The van der Waals surface area contributed by atoms with Crippen LogP contribution >= 0.6 is 11.6 Å². The van der Waals surface area contributed by atoms with Crippen LogP contribution in [0.3, 0.4) is 0 Å². The summed E-state index contributed by atoms with van der Waals surface area (Å²) >= 11 is 5.96. The number of amides is 1. The van der Waals surface area contributed by atoms with Crippen molar-refractivity contribution in [1.82, 2.24) is 9.99 Å². The van der Waals surface area contributed by atoms with E-state index in [0.717, 1.165) is 16.5 Å². The first kappa shape index (κ1) is 16.1. The van der Waals surface area contributed by atoms with Crippen molar-refractivity contribution in [2.24, 2.45) is 12.1 Å². The molecule has 0 saturated heterocycles. The summed E-state index contributed by atoms with van der Waals surface area (Å²) in [5.74, 6) is 0.110. The van der Waals surface area contributed by atoms with Crippen LogP contribution in [-0.4, -0.2) is 23.3 Å². The smallest absolute Gasteiger partial charge is 0.277 e. The Morgan fingerprint density at radius 2 is 2.00 bits per heavy atom. The Hall–Kier alpha value is -2.79. The van der Waals surface area contributed by atoms with E-state index in [1.54, 1.807) is 30.5 Å². The highest BCUT2D eigenvalue weighted by atomic mass is 35.5. The van der Waals surface area contributed by atoms with Crippen molar-refractivity contribution in [3.8, 4) is 5.75 Å². The Bertz CT molecular complexity index is 902. The van der Waals surface area contributed by atoms with Crippen molar-refractivity contribution < 1.29 is 9.53 Å². The predicted octanol–water partition coefficient (Wildman–Crippen LogP) is 3.36. The zero-order valence-corrected chi connectivity index (χ0v) is 13.8. The summed E-state index contributed by atoms with van der Waals surface area (Å²) in [6.45, 7) is -0.156. The van der Waals surface area contributed by atoms with E-state index >= 15 is 0 Å². The lowest BCUT2D eigenvalue weighted by atomic mass is 10.2. The average Bonchev–Trinajstić information content (AvgIpc) is 2.91. The lowest BCUT2D eigenvalue weighted by molar-refractivity contribution is -0.123. The number of carbonyl (C=O) groups excluding carboxylic acids is 1. The maximum atomic E-state index is 11.8. The minimum absolute atomic E-state index is 0.156. The number of aryl methyl sites for hydroxylation is 1. The number of fused-ring (bicyclic) bond motifs is 1. The summed E-state index contributed by atoms with van der Waals surface area (Å²) in [5.41, 5.74) is 4.48. The molecule has 5 nitrogen and oxygen atoms in total. The molecule has 0 bridgehead atoms. The molecule has 0 spiro atoms. The molecule has 0 aliphatic rings. The SMILES string of the molecule is Cn1cc(/C=N\NC(=O)COc2ccccc2Cl)c2ccccc21. The number of nitrogens with one attached hydrogen (secondary N) is 1. The lowest BCUT2D eigenvalue weighted by Gasteiger charge is -2.06. The van der Waals surface area contributed by atoms with Gasteiger partial charge in [-0.2, -0.15) is 5.10 Å². The number of aromatic nitrogens is 1. The molecule has 3 rings (SSSR count). The normalized spacial score (nSPS) is 11.1. The highest BCUT2D eigenvalue weighted by Gasteiger charge is 2.05. The highest BCUT2D eigenvalue weighted by Crippen LogP contribution is 2.22. The van der Waals surface area contributed by atoms with E-state index in [2.05, 4.69) is 10.5 Å². The molecule has 2 aromatic carbocycles. The monoisotopic (exact) mass is 341 g/mol. The molecule has 0 radical (unpaired) electrons. The summed E-state index contributed by atoms with van der Waals surface area (Å²) in [7, 11) is 1.97. The number of hydrazone groups is 1. The molecule has 6 heteroatoms. The van der Waals surface area contributed by atoms with Crippen LogP contribution in [0.25, 0.3) is 10.9 Å². The Morgan fingerprint density at radius 1 is 1.25 bits per heavy atom. The first-order valence-electron chi connectivity index (χ1n) is 7.38. The van der Waals surface area contributed by atoms with Gasteiger partial charge >= 0.3 is 0 Å². The second-order valence-corrected chi connectivity index (χ2v) is 5.63. The first-order chi connectivity index (χ1) is 11.6. The fourth-order valence-electron chi connectivity index (χ4n) is 2.39. The van der Waals surface area contributed by atoms with E-state index in [1.807, 2.05) is 42.1 Å². The summed E-state index contributed by atoms with van der Waals surface area (Å²) in [5, 5.41) is 5.53. The zero-order valence-electron chi connectivity index (χ0n) is 13.1. The lowest BCUT2D eigenvalue weighted by Crippen LogP contribution is -2.24. The van der Waals surface area contributed by atoms with Crippen LogP contribution in [0.4, 0.5) is 0 Å². The number of halogens is 1. The van der Waals surface area contributed by atoms with Crippen LogP contribution in [0.2, 0.25) is 5.02 Å². The average molecular weight is 342 g/mol. The number of hydrogen-bond acceptors (Lipinski definition) is 3. The molecule has 0 aliphatic heterocycles. The second kappa shape index (κ2) is 7.19. The van der Waals surface area contributed by atoms with Crippen LogP contribution in [-0.2, 0) is 11.8 Å². The third-order valence-corrected chi connectivity index (χ3v) is 3.83. The second-order valence-electron chi connectivity index (χ2n) is 5.22. The highest BCUT2D eigenvalue weighted by molar-refractivity contribution is 6.32. The molecule has 1 aromatic heterocycles. The van der Waals surface area contributed by atoms with Gasteiger partial charge in [0.1, 0.15) is 5.75 Å². The van der Waals surface area contributed by atoms with Gasteiger partial charge in [0.25, 0.3) is 5.91 Å². The van der Waals surface area contributed by atoms with Crippen molar-refractivity contribution in [3.05, 3.63) is 65.3 Å². The van der Waals surface area contributed by atoms with Crippen molar-refractivity contribution in [1.29, 1.82) is 0 Å². The molecular weight excluding hydrogens is 326 g/mol. The maximum absolute atomic E-state index is 11.8. The molecule has 0 atom stereocenters. The molecular formula is C18H16ClN3O2. The number of nitrogens with zero attached hydrogens (tertiary/aromatic N) is 2. The van der Waals surface area contributed by atoms with Gasteiger partial charge in [-0.05, 0) is 18.2 Å². The summed E-state index contributed by atoms with van der Waals surface area (Å²) < 4.78 is 7.37. The molecule has 3 aromatic rings. The van der Waals surface area contributed by atoms with Crippen molar-refractivity contribution in [2.45, 2.75) is 0 Å². The van der Waals surface area contributed by atoms with Crippen LogP contribution in [0.15, 0.2) is 59.8 Å². The molecule has 24 heavy (non-hydrogen) atoms. The van der Waals surface area contributed by atoms with Gasteiger partial charge in [-0.3, -0.25) is 4.79 Å². The Kier molecular flexibility index (Phi) is 4.82. The van der Waals surface area contributed by atoms with E-state index in [1.165, 1.54) is 0 Å². The van der Waals surface area contributed by atoms with Crippen LogP contribution in [0, 0.1) is 0 Å². The fourth-order valence-corrected chi connectivity index (χ4v) is 2.58. The van der Waals surface area contributed by atoms with Crippen molar-refractivity contribution in [3.63, 3.8) is 0 Å². The number of benzene rings is 2. The summed E-state index contributed by atoms with van der Waals surface area (Å²) in [6.07, 6.45) is 3.58. The van der Waals surface area contributed by atoms with E-state index in [-0.39, 0.29) is 12.5 Å². The molecule has 0 unspecified atom stereocenters. The van der Waals surface area contributed by atoms with E-state index in [4.69, 9.17) is 16.3 Å². The Labute approximate surface area is 144 Å². The van der Waals surface area contributed by atoms with E-state index in [9.17, 15) is 4.79 Å². The molecule has 1 N–H and O–H groups in total. The minimum atomic E-state index is -0.355. The van der Waals surface area contributed by atoms with Crippen LogP contribution < -0.4 is 10.2 Å². The summed E-state index contributed by atoms with van der Waals surface area (Å²) in [6, 6.07) is 15.0. The van der Waals surface area contributed by atoms with Gasteiger partial charge in [-0.15, -0.1) is 0 Å². The quantitative estimate of drug-likeness (QED) is 0.571. The zero-order chi connectivity index (χ0) is 16.9. The molecule has 122 valence electrons. The first-order valence-corrected chi connectivity index (χ1v) is 7.76. The van der Waals surface area contributed by atoms with Gasteiger partial charge in [0.2, 0.25) is 0 Å². The van der Waals surface area contributed by atoms with Gasteiger partial charge in [0.05, 0.1) is 11.2 Å². The molecule has 1 amide bonds. The van der Waals surface area contributed by atoms with E-state index < -0.39 is 0 Å². The number of rotatable bonds is 5. The van der Waals surface area contributed by atoms with Gasteiger partial charge in [-0.1, -0.05) is 41.9 Å². The Balaban J connectivity index is 1.59. The number of ether oxygens (including phenoxy) is 1. The van der Waals surface area contributed by atoms with E-state index in [0.29, 0.717) is 10.8 Å². The third kappa shape index (κ3) is 3.58. The number of carbonyl (C=O) groups is 1. The predicted molar refractivity (Wildman–Crippen MR) is 95.6 cm³/mol. The molecule has 1 heterocycles. The fraction of sp³-hybridized carbons (Fsp3) is 0.111. The van der Waals surface area contributed by atoms with Gasteiger partial charge in [-0.25, -0.2) is 5.43 Å². The standard InChI is InChI=1S/C18H16ClN3O2/c1-22-11-13(14-6-2-4-8-16(14)22)10-20-21-18(23)12-24-17-9-5-3-7-15(17)19/h2-11H,12H2,1H3,(H,21,23)/b20-10-. The largest absolute Gasteiger partial charge is 0.482 e. The molecule has 0 aliphatic carbocycles. The Morgan fingerprint density at radius 3 is 2.83 bits per heavy atom.